The molecule has 0 N–H and O–H groups in total. The second-order valence-corrected chi connectivity index (χ2v) is 4.23. The van der Waals surface area contributed by atoms with Crippen LogP contribution in [-0.4, -0.2) is 21.2 Å². The molecule has 0 fully saturated rings. The van der Waals surface area contributed by atoms with Crippen molar-refractivity contribution in [3.63, 3.8) is 0 Å². The van der Waals surface area contributed by atoms with Gasteiger partial charge in [-0.25, -0.2) is 0 Å². The molecule has 0 bridgehead atoms. The standard InChI is InChI=1S/C5H10SSe/c1-4-5(6-2)7-3/h4H,1-3H3/b5-4+. The second-order valence-electron chi connectivity index (χ2n) is 1.02. The summed E-state index contributed by atoms with van der Waals surface area (Å²) in [7, 11) is 0. The van der Waals surface area contributed by atoms with Gasteiger partial charge in [0.25, 0.3) is 0 Å². The third-order valence-electron chi connectivity index (χ3n) is 0.638. The number of thioether (sulfide) groups is 1. The first-order chi connectivity index (χ1) is 3.35. The average molecular weight is 181 g/mol. The Morgan fingerprint density at radius 2 is 2.29 bits per heavy atom. The third kappa shape index (κ3) is 3.21. The van der Waals surface area contributed by atoms with Crippen molar-refractivity contribution < 1.29 is 0 Å². The molecular formula is C5H10SSe. The van der Waals surface area contributed by atoms with Crippen LogP contribution in [-0.2, 0) is 0 Å². The van der Waals surface area contributed by atoms with Gasteiger partial charge in [-0.15, -0.1) is 0 Å². The molecule has 0 aromatic carbocycles. The number of hydrogen-bond acceptors (Lipinski definition) is 1. The molecule has 0 radical (unpaired) electrons. The zero-order chi connectivity index (χ0) is 5.70. The molecule has 0 aliphatic rings. The van der Waals surface area contributed by atoms with Crippen molar-refractivity contribution in [2.45, 2.75) is 12.7 Å². The number of allylic oxidation sites excluding steroid dienone is 1. The van der Waals surface area contributed by atoms with Crippen LogP contribution in [0.15, 0.2) is 9.88 Å². The van der Waals surface area contributed by atoms with Crippen LogP contribution in [0.2, 0.25) is 5.82 Å². The predicted octanol–water partition coefficient (Wildman–Crippen LogP) is 1.96. The van der Waals surface area contributed by atoms with Crippen LogP contribution in [0.3, 0.4) is 0 Å². The van der Waals surface area contributed by atoms with E-state index in [1.54, 1.807) is 0 Å². The van der Waals surface area contributed by atoms with E-state index >= 15 is 0 Å². The molecule has 0 rings (SSSR count). The van der Waals surface area contributed by atoms with E-state index in [2.05, 4.69) is 25.1 Å². The Bertz CT molecular complexity index is 62.5. The van der Waals surface area contributed by atoms with Gasteiger partial charge < -0.3 is 0 Å². The van der Waals surface area contributed by atoms with Crippen molar-refractivity contribution in [2.75, 3.05) is 6.26 Å². The summed E-state index contributed by atoms with van der Waals surface area (Å²) in [5.41, 5.74) is 0. The number of rotatable bonds is 2. The third-order valence-corrected chi connectivity index (χ3v) is 4.53. The van der Waals surface area contributed by atoms with Gasteiger partial charge in [-0.05, 0) is 0 Å². The first-order valence-corrected chi connectivity index (χ1v) is 5.89. The van der Waals surface area contributed by atoms with Gasteiger partial charge in [0, 0.05) is 0 Å². The van der Waals surface area contributed by atoms with Crippen LogP contribution in [0.25, 0.3) is 0 Å². The summed E-state index contributed by atoms with van der Waals surface area (Å²) >= 11 is 2.58. The first kappa shape index (κ1) is 7.61. The van der Waals surface area contributed by atoms with Gasteiger partial charge in [-0.1, -0.05) is 0 Å². The zero-order valence-corrected chi connectivity index (χ0v) is 7.42. The van der Waals surface area contributed by atoms with Gasteiger partial charge in [0.2, 0.25) is 0 Å². The van der Waals surface area contributed by atoms with Gasteiger partial charge in [0.05, 0.1) is 0 Å². The summed E-state index contributed by atoms with van der Waals surface area (Å²) in [6, 6.07) is 0. The van der Waals surface area contributed by atoms with Gasteiger partial charge in [0.1, 0.15) is 0 Å². The summed E-state index contributed by atoms with van der Waals surface area (Å²) in [5.74, 6) is 2.23. The summed E-state index contributed by atoms with van der Waals surface area (Å²) in [6.07, 6.45) is 4.31. The molecule has 0 amide bonds. The Balaban J connectivity index is 3.38. The van der Waals surface area contributed by atoms with E-state index in [4.69, 9.17) is 0 Å². The maximum atomic E-state index is 2.23. The van der Waals surface area contributed by atoms with Crippen molar-refractivity contribution in [3.8, 4) is 0 Å². The van der Waals surface area contributed by atoms with Crippen LogP contribution in [0.5, 0.6) is 0 Å². The Morgan fingerprint density at radius 3 is 2.29 bits per heavy atom. The van der Waals surface area contributed by atoms with E-state index in [9.17, 15) is 0 Å². The number of hydrogen-bond donors (Lipinski definition) is 0. The van der Waals surface area contributed by atoms with E-state index in [-0.39, 0.29) is 0 Å². The molecule has 0 spiro atoms. The summed E-state index contributed by atoms with van der Waals surface area (Å²) < 4.78 is 1.53. The van der Waals surface area contributed by atoms with Crippen molar-refractivity contribution in [1.82, 2.24) is 0 Å². The van der Waals surface area contributed by atoms with Gasteiger partial charge in [0.15, 0.2) is 0 Å². The molecule has 2 heteroatoms. The predicted molar refractivity (Wildman–Crippen MR) is 38.9 cm³/mol. The van der Waals surface area contributed by atoms with E-state index in [1.165, 1.54) is 3.80 Å². The molecule has 0 aliphatic carbocycles. The Hall–Kier alpha value is 0.609. The topological polar surface area (TPSA) is 0 Å². The van der Waals surface area contributed by atoms with Crippen LogP contribution < -0.4 is 0 Å². The summed E-state index contributed by atoms with van der Waals surface area (Å²) in [6.45, 7) is 2.09. The molecule has 0 saturated carbocycles. The first-order valence-electron chi connectivity index (χ1n) is 2.09. The molecule has 0 aliphatic heterocycles. The molecule has 0 saturated heterocycles. The molecular weight excluding hydrogens is 171 g/mol. The zero-order valence-electron chi connectivity index (χ0n) is 4.89. The molecule has 0 atom stereocenters. The molecule has 7 heavy (non-hydrogen) atoms. The Labute approximate surface area is 55.9 Å². The molecule has 0 nitrogen and oxygen atoms in total. The monoisotopic (exact) mass is 182 g/mol. The SMILES string of the molecule is C/C=C(\SC)[Se]C. The van der Waals surface area contributed by atoms with Crippen molar-refractivity contribution in [3.05, 3.63) is 9.88 Å². The van der Waals surface area contributed by atoms with E-state index in [0.717, 1.165) is 0 Å². The normalized spacial score (nSPS) is 12.1. The molecule has 0 unspecified atom stereocenters. The minimum absolute atomic E-state index is 0.716. The Kier molecular flexibility index (Phi) is 5.18. The van der Waals surface area contributed by atoms with Gasteiger partial charge in [-0.2, -0.15) is 0 Å². The fourth-order valence-corrected chi connectivity index (χ4v) is 2.26. The minimum atomic E-state index is 0.716. The average Bonchev–Trinajstić information content (AvgIpc) is 1.72. The van der Waals surface area contributed by atoms with Crippen LogP contribution >= 0.6 is 11.8 Å². The summed E-state index contributed by atoms with van der Waals surface area (Å²) in [5, 5.41) is 0. The van der Waals surface area contributed by atoms with Gasteiger partial charge in [-0.3, -0.25) is 0 Å². The van der Waals surface area contributed by atoms with Crippen LogP contribution in [0.1, 0.15) is 6.92 Å². The van der Waals surface area contributed by atoms with Crippen LogP contribution in [0.4, 0.5) is 0 Å². The van der Waals surface area contributed by atoms with E-state index in [1.807, 2.05) is 11.8 Å². The molecule has 42 valence electrons. The van der Waals surface area contributed by atoms with Crippen molar-refractivity contribution in [2.24, 2.45) is 0 Å². The molecule has 0 heterocycles. The van der Waals surface area contributed by atoms with Crippen LogP contribution in [0, 0.1) is 0 Å². The van der Waals surface area contributed by atoms with Gasteiger partial charge >= 0.3 is 55.6 Å². The maximum absolute atomic E-state index is 2.23. The fourth-order valence-electron chi connectivity index (χ4n) is 0.319. The molecule has 0 aromatic rings. The second kappa shape index (κ2) is 4.76. The summed E-state index contributed by atoms with van der Waals surface area (Å²) in [4.78, 5) is 0. The van der Waals surface area contributed by atoms with E-state index in [0.29, 0.717) is 15.0 Å². The fraction of sp³-hybridized carbons (Fsp3) is 0.600. The van der Waals surface area contributed by atoms with Crippen molar-refractivity contribution >= 4 is 26.7 Å². The quantitative estimate of drug-likeness (QED) is 0.587. The van der Waals surface area contributed by atoms with E-state index < -0.39 is 0 Å². The van der Waals surface area contributed by atoms with Crippen molar-refractivity contribution in [1.29, 1.82) is 0 Å². The Morgan fingerprint density at radius 1 is 1.71 bits per heavy atom. The molecule has 0 aromatic heterocycles.